The van der Waals surface area contributed by atoms with Crippen LogP contribution in [0.1, 0.15) is 0 Å². The molecule has 29 heavy (non-hydrogen) atoms. The zero-order chi connectivity index (χ0) is 20.1. The number of amides is 1. The monoisotopic (exact) mass is 392 g/mol. The number of hydrogen-bond donors (Lipinski definition) is 1. The van der Waals surface area contributed by atoms with E-state index in [2.05, 4.69) is 22.3 Å². The maximum absolute atomic E-state index is 12.5. The van der Waals surface area contributed by atoms with Gasteiger partial charge in [0.05, 0.1) is 20.3 Å². The van der Waals surface area contributed by atoms with Gasteiger partial charge in [-0.2, -0.15) is 5.10 Å². The molecule has 1 saturated heterocycles. The van der Waals surface area contributed by atoms with Crippen molar-refractivity contribution in [1.29, 1.82) is 0 Å². The van der Waals surface area contributed by atoms with Crippen molar-refractivity contribution in [2.75, 3.05) is 43.6 Å². The molecular formula is C22H24N4O3. The van der Waals surface area contributed by atoms with Gasteiger partial charge >= 0.3 is 0 Å². The molecule has 1 aliphatic rings. The largest absolute Gasteiger partial charge is 0.497 e. The molecule has 1 amide bonds. The van der Waals surface area contributed by atoms with Gasteiger partial charge < -0.3 is 19.7 Å². The first-order valence-corrected chi connectivity index (χ1v) is 9.62. The number of anilines is 2. The number of nitrogens with zero attached hydrogens (tertiary/aromatic N) is 3. The summed E-state index contributed by atoms with van der Waals surface area (Å²) in [4.78, 5) is 14.7. The standard InChI is InChI=1S/C22H24N4O3/c1-28-19-9-7-18(8-10-19)23-21(27)16-26-15-20(17-5-3-2-4-6-17)22(24-26)25-11-13-29-14-12-25/h2-10,15H,11-14,16H2,1H3,(H,23,27). The van der Waals surface area contributed by atoms with Gasteiger partial charge in [-0.15, -0.1) is 0 Å². The average molecular weight is 392 g/mol. The number of morpholine rings is 1. The van der Waals surface area contributed by atoms with E-state index in [1.165, 1.54) is 0 Å². The molecule has 7 heteroatoms. The topological polar surface area (TPSA) is 68.6 Å². The molecule has 0 saturated carbocycles. The Hall–Kier alpha value is -3.32. The summed E-state index contributed by atoms with van der Waals surface area (Å²) >= 11 is 0. The fourth-order valence-electron chi connectivity index (χ4n) is 3.34. The van der Waals surface area contributed by atoms with E-state index in [0.29, 0.717) is 13.2 Å². The van der Waals surface area contributed by atoms with E-state index in [-0.39, 0.29) is 12.5 Å². The lowest BCUT2D eigenvalue weighted by Crippen LogP contribution is -2.36. The van der Waals surface area contributed by atoms with E-state index < -0.39 is 0 Å². The second-order valence-electron chi connectivity index (χ2n) is 6.81. The van der Waals surface area contributed by atoms with Gasteiger partial charge in [-0.1, -0.05) is 30.3 Å². The van der Waals surface area contributed by atoms with Crippen molar-refractivity contribution in [1.82, 2.24) is 9.78 Å². The predicted octanol–water partition coefficient (Wildman–Crippen LogP) is 3.03. The highest BCUT2D eigenvalue weighted by Crippen LogP contribution is 2.30. The number of benzene rings is 2. The van der Waals surface area contributed by atoms with Gasteiger partial charge in [-0.3, -0.25) is 9.48 Å². The predicted molar refractivity (Wildman–Crippen MR) is 112 cm³/mol. The molecular weight excluding hydrogens is 368 g/mol. The Labute approximate surface area is 169 Å². The molecule has 1 aromatic heterocycles. The highest BCUT2D eigenvalue weighted by molar-refractivity contribution is 5.90. The summed E-state index contributed by atoms with van der Waals surface area (Å²) in [6.45, 7) is 3.07. The van der Waals surface area contributed by atoms with Gasteiger partial charge in [0.15, 0.2) is 5.82 Å². The van der Waals surface area contributed by atoms with Crippen LogP contribution in [-0.2, 0) is 16.1 Å². The van der Waals surface area contributed by atoms with Crippen LogP contribution in [0.3, 0.4) is 0 Å². The Balaban J connectivity index is 1.53. The highest BCUT2D eigenvalue weighted by Gasteiger charge is 2.20. The van der Waals surface area contributed by atoms with Crippen LogP contribution < -0.4 is 15.0 Å². The Morgan fingerprint density at radius 1 is 1.10 bits per heavy atom. The van der Waals surface area contributed by atoms with Gasteiger partial charge in [-0.25, -0.2) is 0 Å². The zero-order valence-corrected chi connectivity index (χ0v) is 16.4. The first kappa shape index (κ1) is 19.0. The number of carbonyl (C=O) groups excluding carboxylic acids is 1. The van der Waals surface area contributed by atoms with E-state index in [1.54, 1.807) is 11.8 Å². The summed E-state index contributed by atoms with van der Waals surface area (Å²) in [5.41, 5.74) is 2.82. The third kappa shape index (κ3) is 4.57. The Morgan fingerprint density at radius 3 is 2.52 bits per heavy atom. The number of carbonyl (C=O) groups is 1. The second-order valence-corrected chi connectivity index (χ2v) is 6.81. The third-order valence-electron chi connectivity index (χ3n) is 4.82. The lowest BCUT2D eigenvalue weighted by atomic mass is 10.1. The molecule has 2 heterocycles. The van der Waals surface area contributed by atoms with Gasteiger partial charge in [0.2, 0.25) is 5.91 Å². The van der Waals surface area contributed by atoms with Crippen LogP contribution in [0.4, 0.5) is 11.5 Å². The van der Waals surface area contributed by atoms with Crippen molar-refractivity contribution < 1.29 is 14.3 Å². The number of ether oxygens (including phenoxy) is 2. The van der Waals surface area contributed by atoms with Crippen LogP contribution >= 0.6 is 0 Å². The maximum Gasteiger partial charge on any atom is 0.246 e. The van der Waals surface area contributed by atoms with Crippen LogP contribution in [0.5, 0.6) is 5.75 Å². The molecule has 7 nitrogen and oxygen atoms in total. The smallest absolute Gasteiger partial charge is 0.246 e. The first-order chi connectivity index (χ1) is 14.2. The van der Waals surface area contributed by atoms with E-state index in [4.69, 9.17) is 14.6 Å². The lowest BCUT2D eigenvalue weighted by Gasteiger charge is -2.27. The lowest BCUT2D eigenvalue weighted by molar-refractivity contribution is -0.116. The van der Waals surface area contributed by atoms with Crippen LogP contribution in [-0.4, -0.2) is 49.1 Å². The fourth-order valence-corrected chi connectivity index (χ4v) is 3.34. The molecule has 3 aromatic rings. The van der Waals surface area contributed by atoms with Crippen LogP contribution in [0.25, 0.3) is 11.1 Å². The number of aromatic nitrogens is 2. The summed E-state index contributed by atoms with van der Waals surface area (Å²) in [5.74, 6) is 1.50. The number of rotatable bonds is 6. The molecule has 0 spiro atoms. The van der Waals surface area contributed by atoms with Crippen LogP contribution in [0, 0.1) is 0 Å². The van der Waals surface area contributed by atoms with E-state index in [0.717, 1.165) is 41.5 Å². The summed E-state index contributed by atoms with van der Waals surface area (Å²) in [5, 5.41) is 7.63. The summed E-state index contributed by atoms with van der Waals surface area (Å²) in [6.07, 6.45) is 1.94. The molecule has 150 valence electrons. The minimum Gasteiger partial charge on any atom is -0.497 e. The van der Waals surface area contributed by atoms with Crippen molar-refractivity contribution in [3.8, 4) is 16.9 Å². The SMILES string of the molecule is COc1ccc(NC(=O)Cn2cc(-c3ccccc3)c(N3CCOCC3)n2)cc1. The van der Waals surface area contributed by atoms with Crippen LogP contribution in [0.2, 0.25) is 0 Å². The molecule has 0 bridgehead atoms. The summed E-state index contributed by atoms with van der Waals surface area (Å²) in [7, 11) is 1.61. The molecule has 1 N–H and O–H groups in total. The molecule has 2 aromatic carbocycles. The number of hydrogen-bond acceptors (Lipinski definition) is 5. The van der Waals surface area contributed by atoms with Gasteiger partial charge in [0.1, 0.15) is 12.3 Å². The summed E-state index contributed by atoms with van der Waals surface area (Å²) in [6, 6.07) is 17.4. The fraction of sp³-hybridized carbons (Fsp3) is 0.273. The minimum atomic E-state index is -0.134. The third-order valence-corrected chi connectivity index (χ3v) is 4.82. The van der Waals surface area contributed by atoms with Crippen molar-refractivity contribution in [2.45, 2.75) is 6.54 Å². The van der Waals surface area contributed by atoms with Gasteiger partial charge in [0.25, 0.3) is 0 Å². The summed E-state index contributed by atoms with van der Waals surface area (Å²) < 4.78 is 12.3. The van der Waals surface area contributed by atoms with E-state index in [1.807, 2.05) is 48.7 Å². The second kappa shape index (κ2) is 8.79. The minimum absolute atomic E-state index is 0.134. The first-order valence-electron chi connectivity index (χ1n) is 9.62. The zero-order valence-electron chi connectivity index (χ0n) is 16.4. The van der Waals surface area contributed by atoms with Crippen molar-refractivity contribution >= 4 is 17.4 Å². The molecule has 4 rings (SSSR count). The van der Waals surface area contributed by atoms with Crippen molar-refractivity contribution in [2.24, 2.45) is 0 Å². The van der Waals surface area contributed by atoms with Crippen molar-refractivity contribution in [3.63, 3.8) is 0 Å². The molecule has 0 radical (unpaired) electrons. The van der Waals surface area contributed by atoms with Gasteiger partial charge in [-0.05, 0) is 29.8 Å². The molecule has 0 atom stereocenters. The maximum atomic E-state index is 12.5. The van der Waals surface area contributed by atoms with Crippen molar-refractivity contribution in [3.05, 3.63) is 60.8 Å². The molecule has 0 aliphatic carbocycles. The normalized spacial score (nSPS) is 13.9. The molecule has 0 unspecified atom stereocenters. The Kier molecular flexibility index (Phi) is 5.76. The van der Waals surface area contributed by atoms with E-state index >= 15 is 0 Å². The Bertz CT molecular complexity index is 948. The quantitative estimate of drug-likeness (QED) is 0.698. The average Bonchev–Trinajstić information content (AvgIpc) is 3.19. The van der Waals surface area contributed by atoms with Crippen LogP contribution in [0.15, 0.2) is 60.8 Å². The molecule has 1 aliphatic heterocycles. The number of methoxy groups -OCH3 is 1. The van der Waals surface area contributed by atoms with Gasteiger partial charge in [0, 0.05) is 30.5 Å². The van der Waals surface area contributed by atoms with E-state index in [9.17, 15) is 4.79 Å². The Morgan fingerprint density at radius 2 is 1.83 bits per heavy atom. The number of nitrogens with one attached hydrogen (secondary N) is 1. The highest BCUT2D eigenvalue weighted by atomic mass is 16.5. The molecule has 1 fully saturated rings.